The standard InChI is InChI=1S/C13H18I2N2O2/c1-12(2,3)19-11(18)17-13(4,15)8-5-6-10(16)9(14)7-8/h5-7H,16H2,1-4H3,(H,17,18). The van der Waals surface area contributed by atoms with Crippen molar-refractivity contribution in [3.8, 4) is 0 Å². The molecule has 0 aromatic heterocycles. The van der Waals surface area contributed by atoms with Crippen LogP contribution in [0.2, 0.25) is 0 Å². The van der Waals surface area contributed by atoms with E-state index in [4.69, 9.17) is 10.5 Å². The number of amides is 1. The number of anilines is 1. The number of benzene rings is 1. The molecule has 6 heteroatoms. The molecule has 1 atom stereocenters. The SMILES string of the molecule is CC(C)(C)OC(=O)NC(C)(I)c1ccc(N)c(I)c1. The molecule has 0 saturated carbocycles. The van der Waals surface area contributed by atoms with E-state index in [1.165, 1.54) is 0 Å². The summed E-state index contributed by atoms with van der Waals surface area (Å²) >= 11 is 4.35. The van der Waals surface area contributed by atoms with Crippen LogP contribution in [0.1, 0.15) is 33.3 Å². The number of ether oxygens (including phenoxy) is 1. The van der Waals surface area contributed by atoms with Gasteiger partial charge in [0.25, 0.3) is 0 Å². The predicted octanol–water partition coefficient (Wildman–Crippen LogP) is 4.01. The molecule has 1 amide bonds. The number of alkyl carbamates (subject to hydrolysis) is 1. The molecule has 0 aliphatic carbocycles. The Morgan fingerprint density at radius 3 is 2.37 bits per heavy atom. The minimum atomic E-state index is -0.548. The van der Waals surface area contributed by atoms with Crippen LogP contribution < -0.4 is 11.1 Å². The van der Waals surface area contributed by atoms with Crippen molar-refractivity contribution in [1.29, 1.82) is 0 Å². The van der Waals surface area contributed by atoms with Crippen molar-refractivity contribution in [2.75, 3.05) is 5.73 Å². The number of halogens is 2. The van der Waals surface area contributed by atoms with Crippen molar-refractivity contribution in [1.82, 2.24) is 5.32 Å². The molecule has 1 aromatic rings. The summed E-state index contributed by atoms with van der Waals surface area (Å²) in [6.07, 6.45) is -0.434. The van der Waals surface area contributed by atoms with Crippen molar-refractivity contribution >= 4 is 57.0 Å². The van der Waals surface area contributed by atoms with Crippen LogP contribution in [0.25, 0.3) is 0 Å². The van der Waals surface area contributed by atoms with Gasteiger partial charge in [-0.15, -0.1) is 0 Å². The van der Waals surface area contributed by atoms with Gasteiger partial charge in [-0.25, -0.2) is 4.79 Å². The monoisotopic (exact) mass is 488 g/mol. The summed E-state index contributed by atoms with van der Waals surface area (Å²) in [5, 5.41) is 2.86. The minimum Gasteiger partial charge on any atom is -0.444 e. The molecule has 0 saturated heterocycles. The zero-order chi connectivity index (χ0) is 14.8. The van der Waals surface area contributed by atoms with Crippen LogP contribution in [0.3, 0.4) is 0 Å². The van der Waals surface area contributed by atoms with E-state index in [1.807, 2.05) is 45.9 Å². The third kappa shape index (κ3) is 5.33. The van der Waals surface area contributed by atoms with Gasteiger partial charge < -0.3 is 15.8 Å². The lowest BCUT2D eigenvalue weighted by atomic mass is 10.1. The molecule has 0 spiro atoms. The Bertz CT molecular complexity index is 482. The van der Waals surface area contributed by atoms with E-state index >= 15 is 0 Å². The first-order valence-electron chi connectivity index (χ1n) is 5.77. The Balaban J connectivity index is 2.86. The van der Waals surface area contributed by atoms with E-state index < -0.39 is 15.2 Å². The normalized spacial score (nSPS) is 14.6. The molecule has 0 fully saturated rings. The van der Waals surface area contributed by atoms with Crippen molar-refractivity contribution < 1.29 is 9.53 Å². The smallest absolute Gasteiger partial charge is 0.408 e. The highest BCUT2D eigenvalue weighted by Crippen LogP contribution is 2.31. The summed E-state index contributed by atoms with van der Waals surface area (Å²) in [5.41, 5.74) is 6.99. The maximum Gasteiger partial charge on any atom is 0.408 e. The van der Waals surface area contributed by atoms with Gasteiger partial charge in [-0.1, -0.05) is 6.07 Å². The summed E-state index contributed by atoms with van der Waals surface area (Å²) < 4.78 is 5.68. The zero-order valence-electron chi connectivity index (χ0n) is 11.4. The number of nitrogen functional groups attached to an aromatic ring is 1. The molecule has 0 aliphatic rings. The van der Waals surface area contributed by atoms with E-state index in [-0.39, 0.29) is 0 Å². The Morgan fingerprint density at radius 1 is 1.32 bits per heavy atom. The third-order valence-electron chi connectivity index (χ3n) is 2.28. The van der Waals surface area contributed by atoms with Gasteiger partial charge in [0.15, 0.2) is 0 Å². The Hall–Kier alpha value is -0.250. The fraction of sp³-hybridized carbons (Fsp3) is 0.462. The maximum absolute atomic E-state index is 11.8. The molecule has 1 aromatic carbocycles. The molecule has 1 unspecified atom stereocenters. The number of hydrogen-bond acceptors (Lipinski definition) is 3. The molecule has 1 rings (SSSR count). The summed E-state index contributed by atoms with van der Waals surface area (Å²) in [6.45, 7) is 7.43. The second-order valence-corrected chi connectivity index (χ2v) is 8.69. The Morgan fingerprint density at radius 2 is 1.89 bits per heavy atom. The van der Waals surface area contributed by atoms with Crippen LogP contribution in [-0.2, 0) is 8.28 Å². The molecule has 4 nitrogen and oxygen atoms in total. The molecule has 0 radical (unpaired) electrons. The van der Waals surface area contributed by atoms with E-state index in [9.17, 15) is 4.79 Å². The van der Waals surface area contributed by atoms with Crippen molar-refractivity contribution in [3.63, 3.8) is 0 Å². The van der Waals surface area contributed by atoms with Gasteiger partial charge >= 0.3 is 6.09 Å². The highest BCUT2D eigenvalue weighted by Gasteiger charge is 2.28. The van der Waals surface area contributed by atoms with Gasteiger partial charge in [-0.3, -0.25) is 0 Å². The fourth-order valence-corrected chi connectivity index (χ4v) is 2.46. The van der Waals surface area contributed by atoms with Crippen LogP contribution in [0.15, 0.2) is 18.2 Å². The van der Waals surface area contributed by atoms with Crippen LogP contribution in [0, 0.1) is 3.57 Å². The van der Waals surface area contributed by atoms with E-state index in [2.05, 4.69) is 50.5 Å². The zero-order valence-corrected chi connectivity index (χ0v) is 15.7. The first kappa shape index (κ1) is 16.8. The lowest BCUT2D eigenvalue weighted by molar-refractivity contribution is 0.0503. The average Bonchev–Trinajstić information content (AvgIpc) is 2.17. The van der Waals surface area contributed by atoms with Gasteiger partial charge in [0.1, 0.15) is 9.15 Å². The second kappa shape index (κ2) is 6.02. The van der Waals surface area contributed by atoms with Gasteiger partial charge in [0.05, 0.1) is 0 Å². The molecule has 3 N–H and O–H groups in total. The second-order valence-electron chi connectivity index (χ2n) is 5.37. The van der Waals surface area contributed by atoms with Crippen LogP contribution in [0.5, 0.6) is 0 Å². The number of carbonyl (C=O) groups excluding carboxylic acids is 1. The van der Waals surface area contributed by atoms with Gasteiger partial charge in [0.2, 0.25) is 0 Å². The van der Waals surface area contributed by atoms with Crippen LogP contribution in [-0.4, -0.2) is 11.7 Å². The summed E-state index contributed by atoms with van der Waals surface area (Å²) in [5.74, 6) is 0. The molecule has 0 bridgehead atoms. The van der Waals surface area contributed by atoms with Crippen molar-refractivity contribution in [2.24, 2.45) is 0 Å². The first-order chi connectivity index (χ1) is 8.51. The maximum atomic E-state index is 11.8. The van der Waals surface area contributed by atoms with Gasteiger partial charge in [0, 0.05) is 9.26 Å². The van der Waals surface area contributed by atoms with Crippen molar-refractivity contribution in [2.45, 2.75) is 36.8 Å². The van der Waals surface area contributed by atoms with E-state index in [0.717, 1.165) is 14.8 Å². The van der Waals surface area contributed by atoms with E-state index in [0.29, 0.717) is 0 Å². The van der Waals surface area contributed by atoms with Crippen molar-refractivity contribution in [3.05, 3.63) is 27.3 Å². The molecule has 19 heavy (non-hydrogen) atoms. The van der Waals surface area contributed by atoms with Gasteiger partial charge in [-0.2, -0.15) is 0 Å². The highest BCUT2D eigenvalue weighted by atomic mass is 127. The number of nitrogens with one attached hydrogen (secondary N) is 1. The summed E-state index contributed by atoms with van der Waals surface area (Å²) in [7, 11) is 0. The molecular weight excluding hydrogens is 470 g/mol. The van der Waals surface area contributed by atoms with E-state index in [1.54, 1.807) is 0 Å². The Labute approximate surface area is 141 Å². The lowest BCUT2D eigenvalue weighted by Gasteiger charge is -2.28. The molecule has 0 aliphatic heterocycles. The van der Waals surface area contributed by atoms with Crippen LogP contribution >= 0.6 is 45.2 Å². The first-order valence-corrected chi connectivity index (χ1v) is 7.92. The lowest BCUT2D eigenvalue weighted by Crippen LogP contribution is -2.41. The number of carbonyl (C=O) groups is 1. The summed E-state index contributed by atoms with van der Waals surface area (Å²) in [6, 6.07) is 5.70. The number of nitrogens with two attached hydrogens (primary N) is 1. The number of alkyl halides is 1. The molecular formula is C13H18I2N2O2. The quantitative estimate of drug-likeness (QED) is 0.287. The number of rotatable bonds is 2. The number of hydrogen-bond donors (Lipinski definition) is 2. The minimum absolute atomic E-state index is 0.434. The third-order valence-corrected chi connectivity index (χ3v) is 4.10. The molecule has 0 heterocycles. The average molecular weight is 488 g/mol. The van der Waals surface area contributed by atoms with Crippen LogP contribution in [0.4, 0.5) is 10.5 Å². The topological polar surface area (TPSA) is 64.3 Å². The highest BCUT2D eigenvalue weighted by molar-refractivity contribution is 14.1. The van der Waals surface area contributed by atoms with Gasteiger partial charge in [-0.05, 0) is 90.6 Å². The fourth-order valence-electron chi connectivity index (χ4n) is 1.39. The largest absolute Gasteiger partial charge is 0.444 e. The predicted molar refractivity (Wildman–Crippen MR) is 94.3 cm³/mol. The molecule has 106 valence electrons. The Kier molecular flexibility index (Phi) is 5.33. The summed E-state index contributed by atoms with van der Waals surface area (Å²) in [4.78, 5) is 11.8.